The van der Waals surface area contributed by atoms with Gasteiger partial charge >= 0.3 is 6.36 Å². The molecule has 0 saturated carbocycles. The van der Waals surface area contributed by atoms with Gasteiger partial charge in [-0.2, -0.15) is 0 Å². The van der Waals surface area contributed by atoms with Gasteiger partial charge in [0.25, 0.3) is 0 Å². The van der Waals surface area contributed by atoms with Gasteiger partial charge in [0.05, 0.1) is 0 Å². The zero-order valence-corrected chi connectivity index (χ0v) is 6.64. The molecular formula is C7H8F3NO. The number of nitrogens with zero attached hydrogens (tertiary/aromatic N) is 1. The minimum atomic E-state index is -4.61. The van der Waals surface area contributed by atoms with Crippen LogP contribution >= 0.6 is 0 Å². The van der Waals surface area contributed by atoms with E-state index in [0.29, 0.717) is 0 Å². The minimum absolute atomic E-state index is 0.194. The maximum Gasteiger partial charge on any atom is 0.574 e. The van der Waals surface area contributed by atoms with Crippen LogP contribution in [-0.4, -0.2) is 10.9 Å². The van der Waals surface area contributed by atoms with Crippen molar-refractivity contribution in [1.29, 1.82) is 0 Å². The molecule has 0 N–H and O–H groups in total. The molecule has 0 aromatic carbocycles. The minimum Gasteiger partial charge on any atom is -0.390 e. The van der Waals surface area contributed by atoms with Crippen molar-refractivity contribution in [1.82, 2.24) is 4.57 Å². The van der Waals surface area contributed by atoms with Crippen molar-refractivity contribution in [2.24, 2.45) is 7.05 Å². The van der Waals surface area contributed by atoms with E-state index in [9.17, 15) is 13.2 Å². The number of halogens is 3. The highest BCUT2D eigenvalue weighted by Crippen LogP contribution is 2.23. The van der Waals surface area contributed by atoms with Crippen LogP contribution in [0.4, 0.5) is 13.2 Å². The Labute approximate surface area is 67.6 Å². The third-order valence-corrected chi connectivity index (χ3v) is 1.32. The summed E-state index contributed by atoms with van der Waals surface area (Å²) in [7, 11) is 1.49. The third kappa shape index (κ3) is 2.18. The van der Waals surface area contributed by atoms with Gasteiger partial charge in [-0.25, -0.2) is 0 Å². The second-order valence-electron chi connectivity index (χ2n) is 2.51. The largest absolute Gasteiger partial charge is 0.574 e. The van der Waals surface area contributed by atoms with Gasteiger partial charge in [-0.3, -0.25) is 0 Å². The first-order valence-corrected chi connectivity index (χ1v) is 3.27. The van der Waals surface area contributed by atoms with E-state index in [2.05, 4.69) is 4.74 Å². The van der Waals surface area contributed by atoms with Crippen molar-refractivity contribution in [3.05, 3.63) is 17.8 Å². The molecule has 0 fully saturated rings. The highest BCUT2D eigenvalue weighted by molar-refractivity contribution is 5.21. The summed E-state index contributed by atoms with van der Waals surface area (Å²) in [4.78, 5) is 0. The Balaban J connectivity index is 2.82. The smallest absolute Gasteiger partial charge is 0.390 e. The van der Waals surface area contributed by atoms with E-state index >= 15 is 0 Å². The van der Waals surface area contributed by atoms with Crippen LogP contribution in [0.25, 0.3) is 0 Å². The Morgan fingerprint density at radius 3 is 2.33 bits per heavy atom. The van der Waals surface area contributed by atoms with Crippen molar-refractivity contribution < 1.29 is 17.9 Å². The molecule has 1 heterocycles. The molecule has 68 valence electrons. The zero-order chi connectivity index (χ0) is 9.35. The Bertz CT molecular complexity index is 277. The number of hydrogen-bond donors (Lipinski definition) is 0. The summed E-state index contributed by atoms with van der Waals surface area (Å²) in [6, 6.07) is 1.33. The molecule has 0 radical (unpaired) electrons. The van der Waals surface area contributed by atoms with Crippen LogP contribution in [-0.2, 0) is 7.05 Å². The Hall–Kier alpha value is -1.13. The molecule has 1 aromatic heterocycles. The first-order chi connectivity index (χ1) is 5.38. The fraction of sp³-hybridized carbons (Fsp3) is 0.429. The van der Waals surface area contributed by atoms with Crippen molar-refractivity contribution in [3.8, 4) is 5.88 Å². The second-order valence-corrected chi connectivity index (χ2v) is 2.51. The van der Waals surface area contributed by atoms with Crippen LogP contribution in [0, 0.1) is 6.92 Å². The average molecular weight is 179 g/mol. The van der Waals surface area contributed by atoms with Crippen molar-refractivity contribution >= 4 is 0 Å². The van der Waals surface area contributed by atoms with Gasteiger partial charge in [-0.15, -0.1) is 13.2 Å². The van der Waals surface area contributed by atoms with Crippen LogP contribution < -0.4 is 4.74 Å². The SMILES string of the molecule is Cc1cc(OC(F)(F)F)n(C)c1. The topological polar surface area (TPSA) is 14.2 Å². The number of ether oxygens (including phenoxy) is 1. The normalized spacial score (nSPS) is 11.8. The second kappa shape index (κ2) is 2.73. The molecule has 0 aliphatic carbocycles. The lowest BCUT2D eigenvalue weighted by atomic mass is 10.4. The Kier molecular flexibility index (Phi) is 2.04. The molecule has 0 unspecified atom stereocenters. The van der Waals surface area contributed by atoms with Crippen molar-refractivity contribution in [2.45, 2.75) is 13.3 Å². The molecule has 1 aromatic rings. The summed E-state index contributed by atoms with van der Waals surface area (Å²) in [5, 5.41) is 0. The molecule has 0 atom stereocenters. The summed E-state index contributed by atoms with van der Waals surface area (Å²) in [5.41, 5.74) is 0.733. The monoisotopic (exact) mass is 179 g/mol. The lowest BCUT2D eigenvalue weighted by Crippen LogP contribution is -2.18. The number of rotatable bonds is 1. The predicted octanol–water partition coefficient (Wildman–Crippen LogP) is 2.23. The van der Waals surface area contributed by atoms with E-state index in [0.717, 1.165) is 5.56 Å². The van der Waals surface area contributed by atoms with Crippen LogP contribution in [0.3, 0.4) is 0 Å². The molecule has 0 aliphatic rings. The van der Waals surface area contributed by atoms with E-state index in [4.69, 9.17) is 0 Å². The van der Waals surface area contributed by atoms with Gasteiger partial charge in [0.15, 0.2) is 0 Å². The summed E-state index contributed by atoms with van der Waals surface area (Å²) in [6.07, 6.45) is -3.06. The van der Waals surface area contributed by atoms with Crippen molar-refractivity contribution in [2.75, 3.05) is 0 Å². The van der Waals surface area contributed by atoms with Gasteiger partial charge in [0, 0.05) is 19.3 Å². The van der Waals surface area contributed by atoms with Gasteiger partial charge in [0.1, 0.15) is 0 Å². The van der Waals surface area contributed by atoms with Gasteiger partial charge in [-0.1, -0.05) is 0 Å². The average Bonchev–Trinajstić information content (AvgIpc) is 2.06. The molecule has 12 heavy (non-hydrogen) atoms. The van der Waals surface area contributed by atoms with Gasteiger partial charge in [0.2, 0.25) is 5.88 Å². The quantitative estimate of drug-likeness (QED) is 0.644. The number of aryl methyl sites for hydroxylation is 2. The summed E-state index contributed by atoms with van der Waals surface area (Å²) in [6.45, 7) is 1.70. The predicted molar refractivity (Wildman–Crippen MR) is 36.8 cm³/mol. The fourth-order valence-electron chi connectivity index (χ4n) is 0.923. The molecule has 0 spiro atoms. The van der Waals surface area contributed by atoms with Crippen LogP contribution in [0.1, 0.15) is 5.56 Å². The van der Waals surface area contributed by atoms with Crippen LogP contribution in [0.15, 0.2) is 12.3 Å². The maximum absolute atomic E-state index is 11.7. The molecule has 1 rings (SSSR count). The first-order valence-electron chi connectivity index (χ1n) is 3.27. The lowest BCUT2D eigenvalue weighted by Gasteiger charge is -2.08. The number of aromatic nitrogens is 1. The molecule has 0 amide bonds. The van der Waals surface area contributed by atoms with Crippen LogP contribution in [0.2, 0.25) is 0 Å². The Morgan fingerprint density at radius 1 is 1.42 bits per heavy atom. The van der Waals surface area contributed by atoms with E-state index in [-0.39, 0.29) is 5.88 Å². The highest BCUT2D eigenvalue weighted by Gasteiger charge is 2.32. The van der Waals surface area contributed by atoms with E-state index in [1.165, 1.54) is 17.7 Å². The molecule has 0 aliphatic heterocycles. The Morgan fingerprint density at radius 2 is 2.00 bits per heavy atom. The van der Waals surface area contributed by atoms with Crippen LogP contribution in [0.5, 0.6) is 5.88 Å². The molecular weight excluding hydrogens is 171 g/mol. The van der Waals surface area contributed by atoms with Crippen molar-refractivity contribution in [3.63, 3.8) is 0 Å². The highest BCUT2D eigenvalue weighted by atomic mass is 19.4. The molecule has 0 saturated heterocycles. The summed E-state index contributed by atoms with van der Waals surface area (Å²) < 4.78 is 40.1. The first kappa shape index (κ1) is 8.96. The number of alkyl halides is 3. The molecule has 2 nitrogen and oxygen atoms in total. The number of hydrogen-bond acceptors (Lipinski definition) is 1. The van der Waals surface area contributed by atoms with E-state index in [1.807, 2.05) is 0 Å². The third-order valence-electron chi connectivity index (χ3n) is 1.32. The summed E-state index contributed by atoms with van der Waals surface area (Å²) >= 11 is 0. The molecule has 5 heteroatoms. The van der Waals surface area contributed by atoms with E-state index in [1.54, 1.807) is 13.1 Å². The zero-order valence-electron chi connectivity index (χ0n) is 6.64. The fourth-order valence-corrected chi connectivity index (χ4v) is 0.923. The standard InChI is InChI=1S/C7H8F3NO/c1-5-3-6(11(2)4-5)12-7(8,9)10/h3-4H,1-2H3. The van der Waals surface area contributed by atoms with E-state index < -0.39 is 6.36 Å². The lowest BCUT2D eigenvalue weighted by molar-refractivity contribution is -0.276. The summed E-state index contributed by atoms with van der Waals surface area (Å²) in [5.74, 6) is -0.194. The van der Waals surface area contributed by atoms with Gasteiger partial charge in [-0.05, 0) is 12.5 Å². The van der Waals surface area contributed by atoms with Gasteiger partial charge < -0.3 is 9.30 Å². The molecule has 0 bridgehead atoms. The maximum atomic E-state index is 11.7.